The minimum atomic E-state index is -0.228. The predicted octanol–water partition coefficient (Wildman–Crippen LogP) is 2.55. The molecule has 140 valence electrons. The Bertz CT molecular complexity index is 708. The van der Waals surface area contributed by atoms with Crippen LogP contribution in [0.3, 0.4) is 0 Å². The quantitative estimate of drug-likeness (QED) is 0.823. The van der Waals surface area contributed by atoms with E-state index in [9.17, 15) is 0 Å². The van der Waals surface area contributed by atoms with Gasteiger partial charge >= 0.3 is 0 Å². The van der Waals surface area contributed by atoms with Crippen molar-refractivity contribution in [3.05, 3.63) is 52.0 Å². The van der Waals surface area contributed by atoms with Gasteiger partial charge in [0.15, 0.2) is 0 Å². The molecule has 0 amide bonds. The summed E-state index contributed by atoms with van der Waals surface area (Å²) in [5.41, 5.74) is 1.06. The van der Waals surface area contributed by atoms with Crippen molar-refractivity contribution in [2.75, 3.05) is 46.0 Å². The van der Waals surface area contributed by atoms with Gasteiger partial charge in [-0.2, -0.15) is 0 Å². The number of hydrogen-bond donors (Lipinski definition) is 0. The van der Waals surface area contributed by atoms with Crippen molar-refractivity contribution in [1.29, 1.82) is 0 Å². The zero-order valence-electron chi connectivity index (χ0n) is 15.4. The number of ether oxygens (including phenoxy) is 2. The molecular weight excluding hydrogens is 346 g/mol. The lowest BCUT2D eigenvalue weighted by Gasteiger charge is -2.43. The molecule has 0 unspecified atom stereocenters. The van der Waals surface area contributed by atoms with Crippen molar-refractivity contribution < 1.29 is 9.47 Å². The summed E-state index contributed by atoms with van der Waals surface area (Å²) in [6.07, 6.45) is 3.72. The summed E-state index contributed by atoms with van der Waals surface area (Å²) >= 11 is 1.89. The topological polar surface area (TPSA) is 37.8 Å². The number of pyridine rings is 1. The van der Waals surface area contributed by atoms with E-state index in [4.69, 9.17) is 9.47 Å². The first-order valence-corrected chi connectivity index (χ1v) is 10.1. The summed E-state index contributed by atoms with van der Waals surface area (Å²) in [6.45, 7) is 10.1. The van der Waals surface area contributed by atoms with Crippen LogP contribution in [0.5, 0.6) is 0 Å². The summed E-state index contributed by atoms with van der Waals surface area (Å²) in [5.74, 6) is 0. The highest BCUT2D eigenvalue weighted by molar-refractivity contribution is 7.11. The first kappa shape index (κ1) is 18.1. The fourth-order valence-electron chi connectivity index (χ4n) is 3.90. The molecule has 1 spiro atoms. The predicted molar refractivity (Wildman–Crippen MR) is 103 cm³/mol. The molecule has 0 N–H and O–H groups in total. The second-order valence-electron chi connectivity index (χ2n) is 7.37. The Balaban J connectivity index is 1.43. The van der Waals surface area contributed by atoms with Crippen LogP contribution >= 0.6 is 11.3 Å². The number of rotatable bonds is 4. The monoisotopic (exact) mass is 373 g/mol. The van der Waals surface area contributed by atoms with Gasteiger partial charge in [0.25, 0.3) is 0 Å². The second-order valence-corrected chi connectivity index (χ2v) is 8.75. The minimum Gasteiger partial charge on any atom is -0.377 e. The average molecular weight is 374 g/mol. The fourth-order valence-corrected chi connectivity index (χ4v) is 4.83. The van der Waals surface area contributed by atoms with Crippen molar-refractivity contribution in [2.45, 2.75) is 25.6 Å². The third kappa shape index (κ3) is 4.50. The molecule has 0 aromatic carbocycles. The van der Waals surface area contributed by atoms with Crippen LogP contribution in [0.15, 0.2) is 36.7 Å². The van der Waals surface area contributed by atoms with E-state index in [1.807, 2.05) is 23.7 Å². The van der Waals surface area contributed by atoms with E-state index in [0.717, 1.165) is 52.5 Å². The Labute approximate surface area is 159 Å². The van der Waals surface area contributed by atoms with Crippen molar-refractivity contribution in [2.24, 2.45) is 0 Å². The molecule has 2 fully saturated rings. The molecule has 4 rings (SSSR count). The van der Waals surface area contributed by atoms with Gasteiger partial charge in [-0.25, -0.2) is 0 Å². The maximum atomic E-state index is 6.31. The molecule has 2 aromatic heterocycles. The van der Waals surface area contributed by atoms with Crippen LogP contribution in [0.4, 0.5) is 0 Å². The molecule has 0 saturated carbocycles. The highest BCUT2D eigenvalue weighted by Crippen LogP contribution is 2.26. The lowest BCUT2D eigenvalue weighted by Crippen LogP contribution is -2.58. The molecule has 5 nitrogen and oxygen atoms in total. The van der Waals surface area contributed by atoms with E-state index in [1.54, 1.807) is 0 Å². The Hall–Kier alpha value is -1.31. The van der Waals surface area contributed by atoms with Gasteiger partial charge in [-0.3, -0.25) is 14.8 Å². The van der Waals surface area contributed by atoms with E-state index in [-0.39, 0.29) is 5.60 Å². The van der Waals surface area contributed by atoms with Crippen LogP contribution in [0, 0.1) is 6.92 Å². The molecule has 4 heterocycles. The molecule has 2 aliphatic rings. The molecular formula is C20H27N3O2S. The maximum absolute atomic E-state index is 6.31. The Morgan fingerprint density at radius 1 is 1.04 bits per heavy atom. The summed E-state index contributed by atoms with van der Waals surface area (Å²) in [6, 6.07) is 8.64. The molecule has 0 radical (unpaired) electrons. The number of thiophene rings is 1. The zero-order valence-corrected chi connectivity index (χ0v) is 16.2. The van der Waals surface area contributed by atoms with Gasteiger partial charge in [0.05, 0.1) is 19.8 Å². The van der Waals surface area contributed by atoms with E-state index in [2.05, 4.69) is 46.0 Å². The normalized spacial score (nSPS) is 25.4. The van der Waals surface area contributed by atoms with E-state index < -0.39 is 0 Å². The van der Waals surface area contributed by atoms with Gasteiger partial charge < -0.3 is 9.47 Å². The van der Waals surface area contributed by atoms with Gasteiger partial charge in [0.1, 0.15) is 5.60 Å². The second kappa shape index (κ2) is 8.15. The van der Waals surface area contributed by atoms with Gasteiger partial charge in [-0.1, -0.05) is 0 Å². The Morgan fingerprint density at radius 2 is 1.81 bits per heavy atom. The lowest BCUT2D eigenvalue weighted by atomic mass is 10.0. The highest BCUT2D eigenvalue weighted by atomic mass is 32.1. The fraction of sp³-hybridized carbons (Fsp3) is 0.550. The van der Waals surface area contributed by atoms with Crippen LogP contribution < -0.4 is 0 Å². The molecule has 26 heavy (non-hydrogen) atoms. The van der Waals surface area contributed by atoms with Gasteiger partial charge in [0.2, 0.25) is 0 Å². The van der Waals surface area contributed by atoms with Crippen molar-refractivity contribution >= 4 is 11.3 Å². The Morgan fingerprint density at radius 3 is 2.58 bits per heavy atom. The number of nitrogens with zero attached hydrogens (tertiary/aromatic N) is 3. The Kier molecular flexibility index (Phi) is 5.66. The summed E-state index contributed by atoms with van der Waals surface area (Å²) in [7, 11) is 0. The van der Waals surface area contributed by atoms with Crippen molar-refractivity contribution in [1.82, 2.24) is 14.8 Å². The van der Waals surface area contributed by atoms with Gasteiger partial charge in [0, 0.05) is 61.4 Å². The van der Waals surface area contributed by atoms with E-state index >= 15 is 0 Å². The lowest BCUT2D eigenvalue weighted by molar-refractivity contribution is -0.143. The van der Waals surface area contributed by atoms with Crippen molar-refractivity contribution in [3.8, 4) is 0 Å². The SMILES string of the molecule is Cc1ccc(CN2CCO[C@]3(COCCN(Cc4ccncc4)C3)C2)s1. The molecule has 0 aliphatic carbocycles. The number of aromatic nitrogens is 1. The first-order valence-electron chi connectivity index (χ1n) is 9.31. The molecule has 0 bridgehead atoms. The molecule has 6 heteroatoms. The average Bonchev–Trinajstić information content (AvgIpc) is 2.94. The van der Waals surface area contributed by atoms with Gasteiger partial charge in [-0.05, 0) is 36.8 Å². The summed E-state index contributed by atoms with van der Waals surface area (Å²) in [4.78, 5) is 11.9. The minimum absolute atomic E-state index is 0.228. The van der Waals surface area contributed by atoms with Crippen LogP contribution in [-0.2, 0) is 22.6 Å². The third-order valence-corrected chi connectivity index (χ3v) is 6.07. The standard InChI is InChI=1S/C20H27N3O2S/c1-17-2-3-19(26-17)13-23-9-11-25-20(15-23)14-22(8-10-24-16-20)12-18-4-6-21-7-5-18/h2-7H,8-16H2,1H3/t20-/m0/s1. The van der Waals surface area contributed by atoms with E-state index in [1.165, 1.54) is 15.3 Å². The summed E-state index contributed by atoms with van der Waals surface area (Å²) < 4.78 is 12.3. The molecule has 2 aliphatic heterocycles. The zero-order chi connectivity index (χ0) is 17.8. The third-order valence-electron chi connectivity index (χ3n) is 5.09. The van der Waals surface area contributed by atoms with Crippen LogP contribution in [0.1, 0.15) is 15.3 Å². The van der Waals surface area contributed by atoms with Crippen molar-refractivity contribution in [3.63, 3.8) is 0 Å². The largest absolute Gasteiger partial charge is 0.377 e. The van der Waals surface area contributed by atoms with Crippen LogP contribution in [0.25, 0.3) is 0 Å². The first-order chi connectivity index (χ1) is 12.7. The van der Waals surface area contributed by atoms with E-state index in [0.29, 0.717) is 6.61 Å². The highest BCUT2D eigenvalue weighted by Gasteiger charge is 2.40. The maximum Gasteiger partial charge on any atom is 0.117 e. The number of morpholine rings is 1. The number of aryl methyl sites for hydroxylation is 1. The van der Waals surface area contributed by atoms with Crippen LogP contribution in [-0.4, -0.2) is 66.4 Å². The molecule has 2 aromatic rings. The van der Waals surface area contributed by atoms with Gasteiger partial charge in [-0.15, -0.1) is 11.3 Å². The molecule has 1 atom stereocenters. The smallest absolute Gasteiger partial charge is 0.117 e. The molecule has 2 saturated heterocycles. The van der Waals surface area contributed by atoms with Crippen LogP contribution in [0.2, 0.25) is 0 Å². The number of hydrogen-bond acceptors (Lipinski definition) is 6. The summed E-state index contributed by atoms with van der Waals surface area (Å²) in [5, 5.41) is 0.